The highest BCUT2D eigenvalue weighted by molar-refractivity contribution is 5.24. The summed E-state index contributed by atoms with van der Waals surface area (Å²) in [4.78, 5) is 1.99. The van der Waals surface area contributed by atoms with Crippen LogP contribution in [0.25, 0.3) is 0 Å². The Balaban J connectivity index is 2.56. The Labute approximate surface area is 91.9 Å². The quantitative estimate of drug-likeness (QED) is 0.719. The van der Waals surface area contributed by atoms with E-state index in [0.29, 0.717) is 12.5 Å². The summed E-state index contributed by atoms with van der Waals surface area (Å²) in [5.41, 5.74) is 2.60. The van der Waals surface area contributed by atoms with Crippen molar-refractivity contribution < 1.29 is 4.39 Å². The molecule has 0 amide bonds. The summed E-state index contributed by atoms with van der Waals surface area (Å²) >= 11 is 0. The second kappa shape index (κ2) is 5.86. The molecule has 0 saturated carbocycles. The van der Waals surface area contributed by atoms with Crippen molar-refractivity contribution >= 4 is 0 Å². The van der Waals surface area contributed by atoms with E-state index in [2.05, 4.69) is 38.1 Å². The maximum Gasteiger partial charge on any atom is 0.102 e. The Hall–Kier alpha value is -0.890. The molecule has 15 heavy (non-hydrogen) atoms. The van der Waals surface area contributed by atoms with Crippen LogP contribution >= 0.6 is 0 Å². The molecule has 0 spiro atoms. The predicted molar refractivity (Wildman–Crippen MR) is 62.8 cm³/mol. The van der Waals surface area contributed by atoms with E-state index in [4.69, 9.17) is 0 Å². The minimum atomic E-state index is -0.277. The SMILES string of the molecule is CC(C)c1ccc(CN(C)CCF)cc1. The number of hydrogen-bond donors (Lipinski definition) is 0. The molecule has 1 rings (SSSR count). The molecule has 1 aromatic carbocycles. The van der Waals surface area contributed by atoms with Crippen molar-refractivity contribution in [1.29, 1.82) is 0 Å². The molecule has 0 aromatic heterocycles. The molecule has 0 aliphatic carbocycles. The van der Waals surface area contributed by atoms with Gasteiger partial charge >= 0.3 is 0 Å². The monoisotopic (exact) mass is 209 g/mol. The fraction of sp³-hybridized carbons (Fsp3) is 0.538. The summed E-state index contributed by atoms with van der Waals surface area (Å²) in [7, 11) is 1.94. The van der Waals surface area contributed by atoms with E-state index >= 15 is 0 Å². The Bertz CT molecular complexity index is 279. The van der Waals surface area contributed by atoms with Crippen molar-refractivity contribution in [3.63, 3.8) is 0 Å². The van der Waals surface area contributed by atoms with Crippen LogP contribution in [0.1, 0.15) is 30.9 Å². The Morgan fingerprint density at radius 1 is 1.20 bits per heavy atom. The zero-order chi connectivity index (χ0) is 11.3. The van der Waals surface area contributed by atoms with Crippen LogP contribution < -0.4 is 0 Å². The van der Waals surface area contributed by atoms with E-state index in [9.17, 15) is 4.39 Å². The van der Waals surface area contributed by atoms with Crippen molar-refractivity contribution in [3.05, 3.63) is 35.4 Å². The van der Waals surface area contributed by atoms with E-state index in [1.54, 1.807) is 0 Å². The molecule has 0 saturated heterocycles. The van der Waals surface area contributed by atoms with Gasteiger partial charge in [0.05, 0.1) is 0 Å². The number of hydrogen-bond acceptors (Lipinski definition) is 1. The lowest BCUT2D eigenvalue weighted by Crippen LogP contribution is -2.20. The molecule has 0 N–H and O–H groups in total. The summed E-state index contributed by atoms with van der Waals surface area (Å²) in [6, 6.07) is 8.57. The van der Waals surface area contributed by atoms with Gasteiger partial charge in [0.2, 0.25) is 0 Å². The van der Waals surface area contributed by atoms with Crippen LogP contribution in [-0.4, -0.2) is 25.2 Å². The van der Waals surface area contributed by atoms with Crippen molar-refractivity contribution in [1.82, 2.24) is 4.90 Å². The van der Waals surface area contributed by atoms with Crippen LogP contribution in [0.2, 0.25) is 0 Å². The van der Waals surface area contributed by atoms with Gasteiger partial charge in [-0.1, -0.05) is 38.1 Å². The largest absolute Gasteiger partial charge is 0.300 e. The van der Waals surface area contributed by atoms with Gasteiger partial charge in [-0.3, -0.25) is 4.90 Å². The van der Waals surface area contributed by atoms with Crippen LogP contribution in [0.5, 0.6) is 0 Å². The summed E-state index contributed by atoms with van der Waals surface area (Å²) in [6.45, 7) is 5.42. The minimum Gasteiger partial charge on any atom is -0.300 e. The Morgan fingerprint density at radius 3 is 2.27 bits per heavy atom. The van der Waals surface area contributed by atoms with Crippen LogP contribution in [0.3, 0.4) is 0 Å². The number of nitrogens with zero attached hydrogens (tertiary/aromatic N) is 1. The molecular formula is C13H20FN. The summed E-state index contributed by atoms with van der Waals surface area (Å²) in [5.74, 6) is 0.572. The average Bonchev–Trinajstić information content (AvgIpc) is 2.18. The second-order valence-electron chi connectivity index (χ2n) is 4.32. The minimum absolute atomic E-state index is 0.277. The van der Waals surface area contributed by atoms with Crippen LogP contribution in [0.4, 0.5) is 4.39 Å². The van der Waals surface area contributed by atoms with E-state index in [0.717, 1.165) is 6.54 Å². The van der Waals surface area contributed by atoms with E-state index in [1.807, 2.05) is 11.9 Å². The van der Waals surface area contributed by atoms with Gasteiger partial charge in [-0.25, -0.2) is 4.39 Å². The first-order chi connectivity index (χ1) is 7.13. The summed E-state index contributed by atoms with van der Waals surface area (Å²) in [5, 5.41) is 0. The predicted octanol–water partition coefficient (Wildman–Crippen LogP) is 3.21. The molecule has 0 radical (unpaired) electrons. The molecule has 0 fully saturated rings. The van der Waals surface area contributed by atoms with Crippen LogP contribution in [-0.2, 0) is 6.54 Å². The maximum absolute atomic E-state index is 12.1. The van der Waals surface area contributed by atoms with Gasteiger partial charge < -0.3 is 0 Å². The van der Waals surface area contributed by atoms with Gasteiger partial charge in [-0.15, -0.1) is 0 Å². The third-order valence-corrected chi connectivity index (χ3v) is 2.57. The molecule has 84 valence electrons. The average molecular weight is 209 g/mol. The van der Waals surface area contributed by atoms with E-state index in [-0.39, 0.29) is 6.67 Å². The lowest BCUT2D eigenvalue weighted by Gasteiger charge is -2.15. The van der Waals surface area contributed by atoms with Crippen molar-refractivity contribution in [2.24, 2.45) is 0 Å². The number of rotatable bonds is 5. The van der Waals surface area contributed by atoms with Crippen molar-refractivity contribution in [2.45, 2.75) is 26.3 Å². The van der Waals surface area contributed by atoms with E-state index in [1.165, 1.54) is 11.1 Å². The van der Waals surface area contributed by atoms with Gasteiger partial charge in [0.25, 0.3) is 0 Å². The van der Waals surface area contributed by atoms with Gasteiger partial charge in [-0.2, -0.15) is 0 Å². The summed E-state index contributed by atoms with van der Waals surface area (Å²) < 4.78 is 12.1. The first kappa shape index (κ1) is 12.2. The highest BCUT2D eigenvalue weighted by atomic mass is 19.1. The molecule has 0 atom stereocenters. The number of alkyl halides is 1. The fourth-order valence-corrected chi connectivity index (χ4v) is 1.54. The summed E-state index contributed by atoms with van der Waals surface area (Å²) in [6.07, 6.45) is 0. The van der Waals surface area contributed by atoms with Gasteiger partial charge in [0, 0.05) is 13.1 Å². The third-order valence-electron chi connectivity index (χ3n) is 2.57. The normalized spacial score (nSPS) is 11.3. The Morgan fingerprint density at radius 2 is 1.80 bits per heavy atom. The van der Waals surface area contributed by atoms with Crippen molar-refractivity contribution in [2.75, 3.05) is 20.3 Å². The molecule has 0 aliphatic heterocycles. The standard InChI is InChI=1S/C13H20FN/c1-11(2)13-6-4-12(5-7-13)10-15(3)9-8-14/h4-7,11H,8-10H2,1-3H3. The lowest BCUT2D eigenvalue weighted by atomic mass is 10.0. The molecule has 0 unspecified atom stereocenters. The number of benzene rings is 1. The third kappa shape index (κ3) is 4.00. The molecule has 0 aliphatic rings. The second-order valence-corrected chi connectivity index (χ2v) is 4.32. The molecule has 1 aromatic rings. The molecule has 2 heteroatoms. The maximum atomic E-state index is 12.1. The van der Waals surface area contributed by atoms with Gasteiger partial charge in [0.1, 0.15) is 6.67 Å². The lowest BCUT2D eigenvalue weighted by molar-refractivity contribution is 0.289. The van der Waals surface area contributed by atoms with Gasteiger partial charge in [0.15, 0.2) is 0 Å². The fourth-order valence-electron chi connectivity index (χ4n) is 1.54. The smallest absolute Gasteiger partial charge is 0.102 e. The highest BCUT2D eigenvalue weighted by Crippen LogP contribution is 2.15. The molecule has 1 nitrogen and oxygen atoms in total. The Kier molecular flexibility index (Phi) is 4.76. The van der Waals surface area contributed by atoms with Crippen LogP contribution in [0, 0.1) is 0 Å². The number of halogens is 1. The first-order valence-electron chi connectivity index (χ1n) is 5.47. The zero-order valence-corrected chi connectivity index (χ0v) is 9.83. The van der Waals surface area contributed by atoms with Crippen molar-refractivity contribution in [3.8, 4) is 0 Å². The first-order valence-corrected chi connectivity index (χ1v) is 5.47. The highest BCUT2D eigenvalue weighted by Gasteiger charge is 2.01. The topological polar surface area (TPSA) is 3.24 Å². The molecule has 0 heterocycles. The van der Waals surface area contributed by atoms with Crippen LogP contribution in [0.15, 0.2) is 24.3 Å². The molecular weight excluding hydrogens is 189 g/mol. The van der Waals surface area contributed by atoms with E-state index < -0.39 is 0 Å². The zero-order valence-electron chi connectivity index (χ0n) is 9.83. The molecule has 0 bridgehead atoms. The van der Waals surface area contributed by atoms with Gasteiger partial charge in [-0.05, 0) is 24.1 Å².